The number of hydrogen-bond acceptors (Lipinski definition) is 10. The molecule has 0 radical (unpaired) electrons. The average molecular weight is 1020 g/mol. The number of aliphatic hydroxyl groups is 5. The normalized spacial score (nSPS) is 20.4. The number of rotatable bonds is 45. The Balaban J connectivity index is 2.78. The van der Waals surface area contributed by atoms with E-state index in [1.165, 1.54) is 57.8 Å². The number of unbranched alkanes of at least 4 members (excludes halogenated alkanes) is 17. The molecule has 0 aromatic heterocycles. The molecule has 414 valence electrons. The zero-order valence-electron chi connectivity index (χ0n) is 45.4. The van der Waals surface area contributed by atoms with E-state index in [0.29, 0.717) is 12.8 Å². The van der Waals surface area contributed by atoms with Crippen LogP contribution < -0.4 is 5.32 Å². The first-order valence-corrected chi connectivity index (χ1v) is 28.4. The molecule has 0 spiro atoms. The summed E-state index contributed by atoms with van der Waals surface area (Å²) < 4.78 is 17.5. The van der Waals surface area contributed by atoms with E-state index in [4.69, 9.17) is 14.2 Å². The highest BCUT2D eigenvalue weighted by atomic mass is 16.7. The van der Waals surface area contributed by atoms with Gasteiger partial charge in [0.15, 0.2) is 12.4 Å². The van der Waals surface area contributed by atoms with E-state index in [9.17, 15) is 35.1 Å². The van der Waals surface area contributed by atoms with Gasteiger partial charge >= 0.3 is 5.97 Å². The second kappa shape index (κ2) is 49.0. The number of carbonyl (C=O) groups excluding carboxylic acids is 2. The SMILES string of the molecule is CC/C=C/C=C/C=C\C=C/C=C/CCCCC(O)C(=O)NC(COC1OC(CO)C(O)C(O)C1OC(=O)CCCCC/C=C\C/C=C\C/C=C\C/C=C\CCCCC)C(O)/C=C/CCCCCCCCCCC. The second-order valence-electron chi connectivity index (χ2n) is 19.1. The summed E-state index contributed by atoms with van der Waals surface area (Å²) in [6.45, 7) is 5.53. The van der Waals surface area contributed by atoms with Crippen LogP contribution in [0, 0.1) is 0 Å². The number of hydrogen-bond donors (Lipinski definition) is 6. The number of carbonyl (C=O) groups is 2. The van der Waals surface area contributed by atoms with E-state index in [2.05, 4.69) is 80.8 Å². The lowest BCUT2D eigenvalue weighted by atomic mass is 9.99. The first-order chi connectivity index (χ1) is 35.7. The molecule has 11 heteroatoms. The van der Waals surface area contributed by atoms with Crippen molar-refractivity contribution in [3.05, 3.63) is 122 Å². The second-order valence-corrected chi connectivity index (χ2v) is 19.1. The molecule has 1 aliphatic rings. The highest BCUT2D eigenvalue weighted by molar-refractivity contribution is 5.80. The number of amides is 1. The third kappa shape index (κ3) is 37.4. The van der Waals surface area contributed by atoms with Gasteiger partial charge in [-0.25, -0.2) is 0 Å². The van der Waals surface area contributed by atoms with Crippen molar-refractivity contribution in [3.8, 4) is 0 Å². The van der Waals surface area contributed by atoms with E-state index in [0.717, 1.165) is 89.9 Å². The zero-order chi connectivity index (χ0) is 53.3. The minimum atomic E-state index is -1.64. The van der Waals surface area contributed by atoms with Gasteiger partial charge in [0.05, 0.1) is 25.4 Å². The van der Waals surface area contributed by atoms with Crippen molar-refractivity contribution in [1.82, 2.24) is 5.32 Å². The quantitative estimate of drug-likeness (QED) is 0.0149. The van der Waals surface area contributed by atoms with Gasteiger partial charge < -0.3 is 45.1 Å². The van der Waals surface area contributed by atoms with Crippen LogP contribution in [0.15, 0.2) is 122 Å². The topological polar surface area (TPSA) is 175 Å². The van der Waals surface area contributed by atoms with Crippen LogP contribution in [0.5, 0.6) is 0 Å². The minimum Gasteiger partial charge on any atom is -0.454 e. The molecule has 6 N–H and O–H groups in total. The molecule has 0 saturated carbocycles. The van der Waals surface area contributed by atoms with Gasteiger partial charge in [-0.2, -0.15) is 0 Å². The first-order valence-electron chi connectivity index (χ1n) is 28.4. The molecule has 11 nitrogen and oxygen atoms in total. The van der Waals surface area contributed by atoms with Gasteiger partial charge in [0.2, 0.25) is 5.91 Å². The van der Waals surface area contributed by atoms with Crippen molar-refractivity contribution in [3.63, 3.8) is 0 Å². The predicted molar refractivity (Wildman–Crippen MR) is 301 cm³/mol. The summed E-state index contributed by atoms with van der Waals surface area (Å²) in [5.41, 5.74) is 0. The molecule has 0 aliphatic carbocycles. The molecule has 0 aromatic carbocycles. The Kier molecular flexibility index (Phi) is 45.0. The lowest BCUT2D eigenvalue weighted by Crippen LogP contribution is -2.61. The average Bonchev–Trinajstić information content (AvgIpc) is 3.39. The van der Waals surface area contributed by atoms with Gasteiger partial charge in [0.1, 0.15) is 24.4 Å². The largest absolute Gasteiger partial charge is 0.454 e. The number of nitrogens with one attached hydrogen (secondary N) is 1. The van der Waals surface area contributed by atoms with Crippen LogP contribution in [0.3, 0.4) is 0 Å². The molecule has 0 bridgehead atoms. The molecule has 0 aromatic rings. The maximum Gasteiger partial charge on any atom is 0.306 e. The van der Waals surface area contributed by atoms with Gasteiger partial charge in [-0.3, -0.25) is 9.59 Å². The van der Waals surface area contributed by atoms with Crippen LogP contribution in [-0.2, 0) is 23.8 Å². The number of aliphatic hydroxyl groups excluding tert-OH is 5. The summed E-state index contributed by atoms with van der Waals surface area (Å²) in [4.78, 5) is 26.4. The third-order valence-electron chi connectivity index (χ3n) is 12.5. The lowest BCUT2D eigenvalue weighted by Gasteiger charge is -2.41. The highest BCUT2D eigenvalue weighted by Gasteiger charge is 2.47. The van der Waals surface area contributed by atoms with Gasteiger partial charge in [0.25, 0.3) is 0 Å². The molecule has 73 heavy (non-hydrogen) atoms. The van der Waals surface area contributed by atoms with Crippen LogP contribution in [0.2, 0.25) is 0 Å². The Hall–Kier alpha value is -3.94. The van der Waals surface area contributed by atoms with Gasteiger partial charge in [-0.15, -0.1) is 0 Å². The van der Waals surface area contributed by atoms with Crippen molar-refractivity contribution < 1.29 is 49.3 Å². The van der Waals surface area contributed by atoms with E-state index < -0.39 is 67.4 Å². The van der Waals surface area contributed by atoms with Crippen molar-refractivity contribution >= 4 is 11.9 Å². The van der Waals surface area contributed by atoms with Crippen molar-refractivity contribution in [2.45, 2.75) is 243 Å². The van der Waals surface area contributed by atoms with Gasteiger partial charge in [-0.1, -0.05) is 219 Å². The summed E-state index contributed by atoms with van der Waals surface area (Å²) in [6.07, 6.45) is 56.7. The zero-order valence-corrected chi connectivity index (χ0v) is 45.4. The van der Waals surface area contributed by atoms with Gasteiger partial charge in [0, 0.05) is 6.42 Å². The molecular weight excluding hydrogens is 919 g/mol. The van der Waals surface area contributed by atoms with Crippen LogP contribution in [0.25, 0.3) is 0 Å². The molecule has 1 saturated heterocycles. The molecule has 1 heterocycles. The van der Waals surface area contributed by atoms with Crippen molar-refractivity contribution in [2.75, 3.05) is 13.2 Å². The summed E-state index contributed by atoms with van der Waals surface area (Å²) in [5.74, 6) is -1.28. The number of allylic oxidation sites excluding steroid dienone is 19. The van der Waals surface area contributed by atoms with Crippen molar-refractivity contribution in [2.24, 2.45) is 0 Å². The van der Waals surface area contributed by atoms with Crippen LogP contribution in [0.1, 0.15) is 194 Å². The molecule has 8 unspecified atom stereocenters. The summed E-state index contributed by atoms with van der Waals surface area (Å²) in [7, 11) is 0. The summed E-state index contributed by atoms with van der Waals surface area (Å²) in [6, 6.07) is -1.06. The Bertz CT molecular complexity index is 1640. The lowest BCUT2D eigenvalue weighted by molar-refractivity contribution is -0.305. The molecule has 1 aliphatic heterocycles. The van der Waals surface area contributed by atoms with Crippen molar-refractivity contribution in [1.29, 1.82) is 0 Å². The fraction of sp³-hybridized carbons (Fsp3) is 0.645. The molecule has 1 fully saturated rings. The monoisotopic (exact) mass is 1020 g/mol. The van der Waals surface area contributed by atoms with Gasteiger partial charge in [-0.05, 0) is 89.9 Å². The number of ether oxygens (including phenoxy) is 3. The maximum absolute atomic E-state index is 13.3. The Morgan fingerprint density at radius 2 is 1.04 bits per heavy atom. The fourth-order valence-corrected chi connectivity index (χ4v) is 7.95. The smallest absolute Gasteiger partial charge is 0.306 e. The Morgan fingerprint density at radius 3 is 1.63 bits per heavy atom. The number of esters is 1. The van der Waals surface area contributed by atoms with E-state index in [1.54, 1.807) is 6.08 Å². The van der Waals surface area contributed by atoms with Crippen LogP contribution in [0.4, 0.5) is 0 Å². The first kappa shape index (κ1) is 67.1. The Labute approximate surface area is 442 Å². The third-order valence-corrected chi connectivity index (χ3v) is 12.5. The predicted octanol–water partition coefficient (Wildman–Crippen LogP) is 12.7. The highest BCUT2D eigenvalue weighted by Crippen LogP contribution is 2.26. The van der Waals surface area contributed by atoms with Crippen LogP contribution >= 0.6 is 0 Å². The Morgan fingerprint density at radius 1 is 0.562 bits per heavy atom. The fourth-order valence-electron chi connectivity index (χ4n) is 7.95. The van der Waals surface area contributed by atoms with Crippen LogP contribution in [-0.4, -0.2) is 99.6 Å². The molecular formula is C62H101NO10. The molecule has 1 amide bonds. The maximum atomic E-state index is 13.3. The molecule has 1 rings (SSSR count). The summed E-state index contributed by atoms with van der Waals surface area (Å²) in [5, 5.41) is 56.7. The molecule has 8 atom stereocenters. The van der Waals surface area contributed by atoms with E-state index in [-0.39, 0.29) is 19.4 Å². The summed E-state index contributed by atoms with van der Waals surface area (Å²) >= 11 is 0. The van der Waals surface area contributed by atoms with E-state index >= 15 is 0 Å². The standard InChI is InChI=1S/C62H101NO10/c1-4-7-10-13-16-19-22-24-26-27-28-29-30-32-35-38-41-44-47-50-57(67)73-60-59(69)58(68)56(51-64)72-62(60)71-52-53(54(65)48-45-42-39-36-33-21-18-15-12-9-6-3)63-61(70)55(66)49-46-43-40-37-34-31-25-23-20-17-14-11-8-5-2/h8,11,14,16-17,19-20,23-26,28-29,31-32,34-35,37,45,48,53-56,58-60,62,64-66,68-69H,4-7,9-10,12-13,15,18,21-22,27,30,33,36,38-44,46-47,49-52H2,1-3H3,(H,63,70)/b11-8+,17-14+,19-16-,23-20-,26-24-,29-28-,31-25-,35-32-,37-34+,48-45+. The minimum absolute atomic E-state index is 0.0731. The van der Waals surface area contributed by atoms with E-state index in [1.807, 2.05) is 60.8 Å².